The molecule has 0 unspecified atom stereocenters. The van der Waals surface area contributed by atoms with Crippen molar-refractivity contribution in [3.8, 4) is 5.69 Å². The normalized spacial score (nSPS) is 10.2. The van der Waals surface area contributed by atoms with E-state index in [0.717, 1.165) is 5.69 Å². The summed E-state index contributed by atoms with van der Waals surface area (Å²) < 4.78 is 0. The molecule has 0 aliphatic rings. The van der Waals surface area contributed by atoms with Gasteiger partial charge in [0.25, 0.3) is 0 Å². The van der Waals surface area contributed by atoms with Crippen molar-refractivity contribution in [3.05, 3.63) is 30.3 Å². The lowest BCUT2D eigenvalue weighted by Gasteiger charge is -1.94. The lowest BCUT2D eigenvalue weighted by molar-refractivity contribution is 0.717. The highest BCUT2D eigenvalue weighted by Gasteiger charge is 2.01. The van der Waals surface area contributed by atoms with Gasteiger partial charge in [-0.3, -0.25) is 0 Å². The Morgan fingerprint density at radius 1 is 1.23 bits per heavy atom. The first-order chi connectivity index (χ1) is 6.40. The van der Waals surface area contributed by atoms with Crippen LogP contribution >= 0.6 is 11.8 Å². The number of nitrogens with zero attached hydrogens (tertiary/aromatic N) is 4. The summed E-state index contributed by atoms with van der Waals surface area (Å²) in [7, 11) is 0. The molecule has 0 atom stereocenters. The average molecular weight is 192 g/mol. The van der Waals surface area contributed by atoms with Gasteiger partial charge in [-0.1, -0.05) is 30.0 Å². The molecule has 5 heteroatoms. The maximum Gasteiger partial charge on any atom is 0.231 e. The fourth-order valence-corrected chi connectivity index (χ4v) is 1.23. The molecule has 66 valence electrons. The number of aromatic nitrogens is 4. The first kappa shape index (κ1) is 8.25. The second-order valence-electron chi connectivity index (χ2n) is 2.40. The summed E-state index contributed by atoms with van der Waals surface area (Å²) in [6, 6.07) is 9.71. The summed E-state index contributed by atoms with van der Waals surface area (Å²) in [4.78, 5) is 1.52. The van der Waals surface area contributed by atoms with Gasteiger partial charge in [-0.15, -0.1) is 15.0 Å². The van der Waals surface area contributed by atoms with Crippen LogP contribution in [0.2, 0.25) is 0 Å². The van der Waals surface area contributed by atoms with Crippen molar-refractivity contribution in [2.45, 2.75) is 5.16 Å². The SMILES string of the molecule is CSc1nnn(-c2ccccc2)n1. The Bertz CT molecular complexity index is 384. The third-order valence-corrected chi connectivity index (χ3v) is 2.09. The minimum atomic E-state index is 0.684. The van der Waals surface area contributed by atoms with Crippen LogP contribution in [0, 0.1) is 0 Å². The van der Waals surface area contributed by atoms with Crippen molar-refractivity contribution in [1.29, 1.82) is 0 Å². The van der Waals surface area contributed by atoms with Crippen LogP contribution in [-0.4, -0.2) is 26.5 Å². The zero-order valence-electron chi connectivity index (χ0n) is 7.08. The van der Waals surface area contributed by atoms with E-state index in [0.29, 0.717) is 5.16 Å². The molecule has 2 aromatic rings. The number of benzene rings is 1. The van der Waals surface area contributed by atoms with Crippen LogP contribution in [0.15, 0.2) is 35.5 Å². The van der Waals surface area contributed by atoms with Crippen molar-refractivity contribution in [2.24, 2.45) is 0 Å². The third-order valence-electron chi connectivity index (χ3n) is 1.56. The van der Waals surface area contributed by atoms with E-state index in [2.05, 4.69) is 15.4 Å². The van der Waals surface area contributed by atoms with E-state index in [1.807, 2.05) is 36.6 Å². The maximum atomic E-state index is 4.16. The number of hydrogen-bond donors (Lipinski definition) is 0. The zero-order chi connectivity index (χ0) is 9.10. The molecule has 0 radical (unpaired) electrons. The van der Waals surface area contributed by atoms with Crippen LogP contribution in [0.25, 0.3) is 5.69 Å². The Kier molecular flexibility index (Phi) is 2.27. The van der Waals surface area contributed by atoms with E-state index >= 15 is 0 Å². The van der Waals surface area contributed by atoms with Crippen LogP contribution in [-0.2, 0) is 0 Å². The lowest BCUT2D eigenvalue weighted by Crippen LogP contribution is -1.97. The molecule has 0 fully saturated rings. The van der Waals surface area contributed by atoms with E-state index in [9.17, 15) is 0 Å². The second kappa shape index (κ2) is 3.57. The molecule has 1 heterocycles. The van der Waals surface area contributed by atoms with E-state index in [4.69, 9.17) is 0 Å². The lowest BCUT2D eigenvalue weighted by atomic mass is 10.3. The van der Waals surface area contributed by atoms with Gasteiger partial charge < -0.3 is 0 Å². The highest BCUT2D eigenvalue weighted by Crippen LogP contribution is 2.08. The van der Waals surface area contributed by atoms with Crippen LogP contribution in [0.4, 0.5) is 0 Å². The largest absolute Gasteiger partial charge is 0.231 e. The Labute approximate surface area is 80.0 Å². The van der Waals surface area contributed by atoms with E-state index in [-0.39, 0.29) is 0 Å². The van der Waals surface area contributed by atoms with Crippen molar-refractivity contribution in [3.63, 3.8) is 0 Å². The summed E-state index contributed by atoms with van der Waals surface area (Å²) in [5, 5.41) is 12.6. The van der Waals surface area contributed by atoms with Gasteiger partial charge in [-0.25, -0.2) is 0 Å². The molecule has 2 rings (SSSR count). The van der Waals surface area contributed by atoms with Gasteiger partial charge in [0.2, 0.25) is 5.16 Å². The number of hydrogen-bond acceptors (Lipinski definition) is 4. The van der Waals surface area contributed by atoms with Gasteiger partial charge >= 0.3 is 0 Å². The van der Waals surface area contributed by atoms with Gasteiger partial charge in [0, 0.05) is 0 Å². The van der Waals surface area contributed by atoms with E-state index in [1.54, 1.807) is 0 Å². The predicted octanol–water partition coefficient (Wildman–Crippen LogP) is 1.38. The highest BCUT2D eigenvalue weighted by atomic mass is 32.2. The second-order valence-corrected chi connectivity index (χ2v) is 3.17. The Morgan fingerprint density at radius 2 is 2.00 bits per heavy atom. The molecule has 1 aromatic heterocycles. The number of rotatable bonds is 2. The molecule has 1 aromatic carbocycles. The fourth-order valence-electron chi connectivity index (χ4n) is 0.954. The molecule has 4 nitrogen and oxygen atoms in total. The minimum Gasteiger partial charge on any atom is -0.130 e. The quantitative estimate of drug-likeness (QED) is 0.674. The molecule has 13 heavy (non-hydrogen) atoms. The number of tetrazole rings is 1. The van der Waals surface area contributed by atoms with Crippen molar-refractivity contribution < 1.29 is 0 Å². The molecule has 0 N–H and O–H groups in total. The van der Waals surface area contributed by atoms with Gasteiger partial charge in [-0.05, 0) is 23.6 Å². The molecule has 0 aliphatic carbocycles. The monoisotopic (exact) mass is 192 g/mol. The van der Waals surface area contributed by atoms with Crippen LogP contribution in [0.1, 0.15) is 0 Å². The van der Waals surface area contributed by atoms with Crippen LogP contribution in [0.3, 0.4) is 0 Å². The van der Waals surface area contributed by atoms with E-state index in [1.165, 1.54) is 16.6 Å². The number of para-hydroxylation sites is 1. The first-order valence-electron chi connectivity index (χ1n) is 3.79. The van der Waals surface area contributed by atoms with Gasteiger partial charge in [0.05, 0.1) is 5.69 Å². The Balaban J connectivity index is 2.36. The molecular formula is C8H8N4S. The molecule has 0 amide bonds. The van der Waals surface area contributed by atoms with Crippen molar-refractivity contribution >= 4 is 11.8 Å². The van der Waals surface area contributed by atoms with Crippen molar-refractivity contribution in [1.82, 2.24) is 20.2 Å². The Hall–Kier alpha value is -1.36. The summed E-state index contributed by atoms with van der Waals surface area (Å²) in [6.45, 7) is 0. The Morgan fingerprint density at radius 3 is 2.62 bits per heavy atom. The first-order valence-corrected chi connectivity index (χ1v) is 5.02. The molecule has 0 spiro atoms. The summed E-state index contributed by atoms with van der Waals surface area (Å²) >= 11 is 1.48. The topological polar surface area (TPSA) is 43.6 Å². The molecular weight excluding hydrogens is 184 g/mol. The summed E-state index contributed by atoms with van der Waals surface area (Å²) in [6.07, 6.45) is 1.92. The summed E-state index contributed by atoms with van der Waals surface area (Å²) in [5.74, 6) is 0. The predicted molar refractivity (Wildman–Crippen MR) is 50.9 cm³/mol. The smallest absolute Gasteiger partial charge is 0.130 e. The third kappa shape index (κ3) is 1.70. The van der Waals surface area contributed by atoms with Crippen LogP contribution < -0.4 is 0 Å². The maximum absolute atomic E-state index is 4.16. The van der Waals surface area contributed by atoms with Gasteiger partial charge in [-0.2, -0.15) is 0 Å². The zero-order valence-corrected chi connectivity index (χ0v) is 7.90. The van der Waals surface area contributed by atoms with Gasteiger partial charge in [0.1, 0.15) is 0 Å². The molecule has 0 saturated heterocycles. The minimum absolute atomic E-state index is 0.684. The van der Waals surface area contributed by atoms with Crippen molar-refractivity contribution in [2.75, 3.05) is 6.26 Å². The summed E-state index contributed by atoms with van der Waals surface area (Å²) in [5.41, 5.74) is 0.926. The molecule has 0 aliphatic heterocycles. The fraction of sp³-hybridized carbons (Fsp3) is 0.125. The van der Waals surface area contributed by atoms with E-state index < -0.39 is 0 Å². The van der Waals surface area contributed by atoms with Crippen LogP contribution in [0.5, 0.6) is 0 Å². The molecule has 0 bridgehead atoms. The standard InChI is InChI=1S/C8H8N4S/c1-13-8-9-11-12(10-8)7-5-3-2-4-6-7/h2-6H,1H3. The highest BCUT2D eigenvalue weighted by molar-refractivity contribution is 7.98. The van der Waals surface area contributed by atoms with Gasteiger partial charge in [0.15, 0.2) is 0 Å². The number of thioether (sulfide) groups is 1. The molecule has 0 saturated carbocycles. The average Bonchev–Trinajstić information content (AvgIpc) is 2.67.